The first-order valence-corrected chi connectivity index (χ1v) is 19.7. The van der Waals surface area contributed by atoms with Gasteiger partial charge in [-0.1, -0.05) is 0 Å². The summed E-state index contributed by atoms with van der Waals surface area (Å²) in [5.41, 5.74) is 4.29. The van der Waals surface area contributed by atoms with Gasteiger partial charge in [0.15, 0.2) is 0 Å². The minimum atomic E-state index is -1.95. The number of aliphatic hydroxyl groups is 1. The molecular formula is C26H29FGeN2O5. The molecule has 2 aromatic heterocycles. The van der Waals surface area contributed by atoms with Gasteiger partial charge in [-0.2, -0.15) is 0 Å². The van der Waals surface area contributed by atoms with Gasteiger partial charge in [0.1, 0.15) is 0 Å². The van der Waals surface area contributed by atoms with E-state index in [1.54, 1.807) is 10.6 Å². The Bertz CT molecular complexity index is 1460. The zero-order valence-corrected chi connectivity index (χ0v) is 22.7. The van der Waals surface area contributed by atoms with Crippen molar-refractivity contribution in [2.24, 2.45) is 0 Å². The Morgan fingerprint density at radius 1 is 1.26 bits per heavy atom. The van der Waals surface area contributed by atoms with Crippen LogP contribution in [-0.4, -0.2) is 41.0 Å². The van der Waals surface area contributed by atoms with Crippen molar-refractivity contribution in [3.05, 3.63) is 50.6 Å². The molecule has 0 radical (unpaired) electrons. The SMILES string of the molecule is CCc1c(OC)c(F)cc2nc3c(c(C[CH2][Ge]([CH3])([CH3])[CH3])c12)Cn1c-3cc2c(c1=O)OC(=O)C[C@H]2O. The van der Waals surface area contributed by atoms with E-state index < -0.39 is 36.7 Å². The van der Waals surface area contributed by atoms with Crippen molar-refractivity contribution in [3.63, 3.8) is 0 Å². The number of methoxy groups -OCH3 is 1. The fraction of sp³-hybridized carbons (Fsp3) is 0.423. The molecule has 0 unspecified atom stereocenters. The Hall–Kier alpha value is -2.72. The van der Waals surface area contributed by atoms with Crippen LogP contribution in [0.2, 0.25) is 22.5 Å². The van der Waals surface area contributed by atoms with Gasteiger partial charge in [0, 0.05) is 0 Å². The summed E-state index contributed by atoms with van der Waals surface area (Å²) in [6, 6.07) is 3.09. The Kier molecular flexibility index (Phi) is 5.79. The second-order valence-corrected chi connectivity index (χ2v) is 22.3. The third-order valence-corrected chi connectivity index (χ3v) is 10.6. The van der Waals surface area contributed by atoms with Crippen molar-refractivity contribution in [2.75, 3.05) is 7.11 Å². The fourth-order valence-electron chi connectivity index (χ4n) is 5.22. The van der Waals surface area contributed by atoms with Gasteiger partial charge in [0.05, 0.1) is 0 Å². The van der Waals surface area contributed by atoms with Gasteiger partial charge in [-0.25, -0.2) is 0 Å². The minimum absolute atomic E-state index is 0.122. The van der Waals surface area contributed by atoms with Crippen molar-refractivity contribution in [1.29, 1.82) is 0 Å². The summed E-state index contributed by atoms with van der Waals surface area (Å²) in [6.07, 6.45) is 0.0518. The zero-order valence-electron chi connectivity index (χ0n) is 20.6. The van der Waals surface area contributed by atoms with Crippen LogP contribution in [0.5, 0.6) is 11.5 Å². The van der Waals surface area contributed by atoms with Crippen molar-refractivity contribution in [3.8, 4) is 22.9 Å². The van der Waals surface area contributed by atoms with E-state index in [4.69, 9.17) is 14.5 Å². The van der Waals surface area contributed by atoms with E-state index in [0.717, 1.165) is 33.8 Å². The predicted molar refractivity (Wildman–Crippen MR) is 133 cm³/mol. The van der Waals surface area contributed by atoms with Crippen LogP contribution in [0.1, 0.15) is 41.7 Å². The molecule has 5 rings (SSSR count). The predicted octanol–water partition coefficient (Wildman–Crippen LogP) is 4.36. The van der Waals surface area contributed by atoms with Crippen LogP contribution in [0.3, 0.4) is 0 Å². The molecule has 0 fully saturated rings. The second-order valence-electron chi connectivity index (χ2n) is 10.5. The normalized spacial score (nSPS) is 16.7. The van der Waals surface area contributed by atoms with Crippen LogP contribution >= 0.6 is 0 Å². The number of hydrogen-bond donors (Lipinski definition) is 1. The van der Waals surface area contributed by atoms with Gasteiger partial charge in [0.25, 0.3) is 0 Å². The average Bonchev–Trinajstić information content (AvgIpc) is 3.14. The van der Waals surface area contributed by atoms with Gasteiger partial charge in [-0.3, -0.25) is 0 Å². The number of carbonyl (C=O) groups is 1. The molecule has 2 aliphatic rings. The molecule has 3 aromatic rings. The van der Waals surface area contributed by atoms with Gasteiger partial charge >= 0.3 is 205 Å². The number of halogens is 1. The molecule has 9 heteroatoms. The van der Waals surface area contributed by atoms with E-state index in [9.17, 15) is 14.7 Å². The van der Waals surface area contributed by atoms with Gasteiger partial charge in [-0.05, 0) is 0 Å². The van der Waals surface area contributed by atoms with E-state index in [0.29, 0.717) is 23.3 Å². The monoisotopic (exact) mass is 542 g/mol. The van der Waals surface area contributed by atoms with Crippen molar-refractivity contribution in [2.45, 2.75) is 61.4 Å². The molecule has 0 saturated carbocycles. The van der Waals surface area contributed by atoms with Gasteiger partial charge in [-0.15, -0.1) is 0 Å². The first-order chi connectivity index (χ1) is 16.5. The summed E-state index contributed by atoms with van der Waals surface area (Å²) in [7, 11) is 1.47. The molecule has 35 heavy (non-hydrogen) atoms. The molecule has 0 amide bonds. The number of nitrogens with zero attached hydrogens (tertiary/aromatic N) is 2. The number of fused-ring (bicyclic) bond motifs is 5. The summed E-state index contributed by atoms with van der Waals surface area (Å²) in [6.45, 7) is 2.25. The van der Waals surface area contributed by atoms with Crippen molar-refractivity contribution in [1.82, 2.24) is 9.55 Å². The number of aromatic nitrogens is 2. The van der Waals surface area contributed by atoms with Crippen LogP contribution in [0.25, 0.3) is 22.3 Å². The number of ether oxygens (including phenoxy) is 2. The van der Waals surface area contributed by atoms with E-state index in [2.05, 4.69) is 17.3 Å². The zero-order chi connectivity index (χ0) is 25.2. The summed E-state index contributed by atoms with van der Waals surface area (Å²) in [5.74, 6) is 6.08. The molecular weight excluding hydrogens is 512 g/mol. The summed E-state index contributed by atoms with van der Waals surface area (Å²) in [5, 5.41) is 12.4. The Labute approximate surface area is 205 Å². The van der Waals surface area contributed by atoms with Gasteiger partial charge in [0.2, 0.25) is 0 Å². The molecule has 7 nitrogen and oxygen atoms in total. The van der Waals surface area contributed by atoms with E-state index in [1.165, 1.54) is 13.2 Å². The maximum absolute atomic E-state index is 15.0. The topological polar surface area (TPSA) is 90.7 Å². The van der Waals surface area contributed by atoms with Crippen molar-refractivity contribution < 1.29 is 23.8 Å². The number of esters is 1. The summed E-state index contributed by atoms with van der Waals surface area (Å²) < 4.78 is 27.2. The van der Waals surface area contributed by atoms with E-state index >= 15 is 4.39 Å². The maximum atomic E-state index is 15.0. The molecule has 0 aliphatic carbocycles. The number of hydrogen-bond acceptors (Lipinski definition) is 6. The Balaban J connectivity index is 1.82. The first kappa shape index (κ1) is 24.0. The molecule has 2 aliphatic heterocycles. The number of aliphatic hydroxyl groups excluding tert-OH is 1. The van der Waals surface area contributed by atoms with E-state index in [1.807, 2.05) is 6.92 Å². The third-order valence-electron chi connectivity index (χ3n) is 6.96. The Morgan fingerprint density at radius 2 is 2.00 bits per heavy atom. The summed E-state index contributed by atoms with van der Waals surface area (Å²) in [4.78, 5) is 30.1. The molecule has 1 atom stereocenters. The molecule has 1 N–H and O–H groups in total. The van der Waals surface area contributed by atoms with Crippen LogP contribution < -0.4 is 15.0 Å². The van der Waals surface area contributed by atoms with Crippen LogP contribution in [0.4, 0.5) is 4.39 Å². The van der Waals surface area contributed by atoms with Crippen molar-refractivity contribution >= 4 is 30.1 Å². The van der Waals surface area contributed by atoms with Crippen LogP contribution in [-0.2, 0) is 24.2 Å². The summed E-state index contributed by atoms with van der Waals surface area (Å²) >= 11 is -1.95. The number of benzene rings is 1. The molecule has 4 heterocycles. The quantitative estimate of drug-likeness (QED) is 0.299. The standard InChI is InChI=1S/C26H29FGeN2O5/c1-6-13-22-14(7-8-28(2,3)4)16-12-30-19(23(16)29-18(22)10-17(27)24(13)34-5)9-15-20(31)11-21(32)35-25(15)26(30)33/h9-10,20,31H,6-8,11-12H2,1-5H3/t20-/m1/s1. The number of carbonyl (C=O) groups excluding carboxylic acids is 1. The third kappa shape index (κ3) is 3.87. The number of rotatable bonds is 5. The molecule has 0 spiro atoms. The molecule has 1 aromatic carbocycles. The number of pyridine rings is 2. The molecule has 184 valence electrons. The fourth-order valence-corrected chi connectivity index (χ4v) is 7.32. The molecule has 0 bridgehead atoms. The molecule has 0 saturated heterocycles. The first-order valence-electron chi connectivity index (χ1n) is 11.9. The van der Waals surface area contributed by atoms with Crippen LogP contribution in [0.15, 0.2) is 16.9 Å². The van der Waals surface area contributed by atoms with Gasteiger partial charge < -0.3 is 0 Å². The van der Waals surface area contributed by atoms with Crippen LogP contribution in [0, 0.1) is 5.82 Å². The second kappa shape index (κ2) is 8.45. The Morgan fingerprint density at radius 3 is 2.66 bits per heavy atom. The average molecular weight is 541 g/mol. The van der Waals surface area contributed by atoms with E-state index in [-0.39, 0.29) is 30.0 Å². The number of aryl methyl sites for hydroxylation is 2.